The lowest BCUT2D eigenvalue weighted by Crippen LogP contribution is -2.36. The zero-order chi connectivity index (χ0) is 15.1. The highest BCUT2D eigenvalue weighted by atomic mass is 32.2. The molecule has 1 aromatic rings. The van der Waals surface area contributed by atoms with Gasteiger partial charge in [-0.2, -0.15) is 0 Å². The highest BCUT2D eigenvalue weighted by Crippen LogP contribution is 2.25. The minimum atomic E-state index is -3.38. The molecule has 0 amide bonds. The summed E-state index contributed by atoms with van der Waals surface area (Å²) in [5.41, 5.74) is -0.0537. The Morgan fingerprint density at radius 2 is 1.58 bits per heavy atom. The van der Waals surface area contributed by atoms with Crippen LogP contribution in [0.15, 0.2) is 35.2 Å². The normalized spacial score (nSPS) is 11.9. The van der Waals surface area contributed by atoms with Gasteiger partial charge in [-0.05, 0) is 23.5 Å². The smallest absolute Gasteiger partial charge is 0.211 e. The van der Waals surface area contributed by atoms with Gasteiger partial charge < -0.3 is 0 Å². The van der Waals surface area contributed by atoms with Crippen molar-refractivity contribution in [1.29, 1.82) is 0 Å². The first-order chi connectivity index (χ1) is 8.76. The predicted octanol–water partition coefficient (Wildman–Crippen LogP) is 3.67. The second-order valence-corrected chi connectivity index (χ2v) is 7.05. The van der Waals surface area contributed by atoms with Crippen LogP contribution in [0.2, 0.25) is 0 Å². The van der Waals surface area contributed by atoms with Gasteiger partial charge in [-0.25, -0.2) is 13.1 Å². The van der Waals surface area contributed by atoms with Gasteiger partial charge in [0.15, 0.2) is 0 Å². The Kier molecular flexibility index (Phi) is 7.30. The monoisotopic (exact) mass is 285 g/mol. The second kappa shape index (κ2) is 7.65. The SMILES string of the molecule is CC.CC(C)C(C)(C)CNS(=O)(=O)c1ccccc1. The minimum Gasteiger partial charge on any atom is -0.211 e. The van der Waals surface area contributed by atoms with E-state index in [1.54, 1.807) is 30.3 Å². The van der Waals surface area contributed by atoms with E-state index < -0.39 is 10.0 Å². The van der Waals surface area contributed by atoms with Crippen molar-refractivity contribution >= 4 is 10.0 Å². The van der Waals surface area contributed by atoms with Crippen LogP contribution in [-0.2, 0) is 10.0 Å². The molecule has 0 aliphatic rings. The number of benzene rings is 1. The van der Waals surface area contributed by atoms with Crippen molar-refractivity contribution in [3.8, 4) is 0 Å². The van der Waals surface area contributed by atoms with Crippen molar-refractivity contribution in [2.45, 2.75) is 46.4 Å². The van der Waals surface area contributed by atoms with Crippen LogP contribution >= 0.6 is 0 Å². The van der Waals surface area contributed by atoms with Crippen LogP contribution in [0.25, 0.3) is 0 Å². The molecule has 0 aromatic heterocycles. The van der Waals surface area contributed by atoms with Gasteiger partial charge in [0.2, 0.25) is 10.0 Å². The Labute approximate surface area is 118 Å². The third-order valence-corrected chi connectivity index (χ3v) is 4.75. The number of hydrogen-bond acceptors (Lipinski definition) is 2. The first-order valence-electron chi connectivity index (χ1n) is 6.80. The molecule has 0 atom stereocenters. The molecular weight excluding hydrogens is 258 g/mol. The predicted molar refractivity (Wildman–Crippen MR) is 81.6 cm³/mol. The van der Waals surface area contributed by atoms with E-state index in [0.717, 1.165) is 0 Å². The molecule has 0 aliphatic carbocycles. The van der Waals surface area contributed by atoms with E-state index in [9.17, 15) is 8.42 Å². The van der Waals surface area contributed by atoms with E-state index in [1.165, 1.54) is 0 Å². The molecule has 1 N–H and O–H groups in total. The largest absolute Gasteiger partial charge is 0.240 e. The summed E-state index contributed by atoms with van der Waals surface area (Å²) in [4.78, 5) is 0.319. The van der Waals surface area contributed by atoms with Gasteiger partial charge in [-0.3, -0.25) is 0 Å². The van der Waals surface area contributed by atoms with E-state index in [2.05, 4.69) is 32.4 Å². The van der Waals surface area contributed by atoms with Gasteiger partial charge in [0.05, 0.1) is 4.90 Å². The van der Waals surface area contributed by atoms with E-state index in [1.807, 2.05) is 13.8 Å². The lowest BCUT2D eigenvalue weighted by atomic mass is 9.81. The molecule has 110 valence electrons. The van der Waals surface area contributed by atoms with Crippen LogP contribution in [0.3, 0.4) is 0 Å². The van der Waals surface area contributed by atoms with Crippen LogP contribution in [0, 0.1) is 11.3 Å². The first kappa shape index (κ1) is 18.1. The zero-order valence-corrected chi connectivity index (χ0v) is 13.7. The van der Waals surface area contributed by atoms with Crippen molar-refractivity contribution < 1.29 is 8.42 Å². The molecule has 0 fully saturated rings. The maximum absolute atomic E-state index is 12.0. The van der Waals surface area contributed by atoms with Crippen LogP contribution in [0.1, 0.15) is 41.5 Å². The van der Waals surface area contributed by atoms with Crippen molar-refractivity contribution in [2.24, 2.45) is 11.3 Å². The van der Waals surface area contributed by atoms with Gasteiger partial charge in [0.25, 0.3) is 0 Å². The molecule has 3 nitrogen and oxygen atoms in total. The Morgan fingerprint density at radius 1 is 1.11 bits per heavy atom. The van der Waals surface area contributed by atoms with Gasteiger partial charge in [0.1, 0.15) is 0 Å². The fraction of sp³-hybridized carbons (Fsp3) is 0.600. The molecule has 1 rings (SSSR count). The number of nitrogens with one attached hydrogen (secondary N) is 1. The molecule has 0 saturated carbocycles. The van der Waals surface area contributed by atoms with Crippen molar-refractivity contribution in [3.63, 3.8) is 0 Å². The fourth-order valence-electron chi connectivity index (χ4n) is 1.17. The Bertz CT molecular complexity index is 450. The van der Waals surface area contributed by atoms with Crippen LogP contribution < -0.4 is 4.72 Å². The average molecular weight is 285 g/mol. The number of hydrogen-bond donors (Lipinski definition) is 1. The minimum absolute atomic E-state index is 0.0537. The van der Waals surface area contributed by atoms with Crippen molar-refractivity contribution in [1.82, 2.24) is 4.72 Å². The Hall–Kier alpha value is -0.870. The van der Waals surface area contributed by atoms with Gasteiger partial charge >= 0.3 is 0 Å². The van der Waals surface area contributed by atoms with Gasteiger partial charge in [-0.1, -0.05) is 59.7 Å². The summed E-state index contributed by atoms with van der Waals surface area (Å²) < 4.78 is 26.6. The maximum atomic E-state index is 12.0. The van der Waals surface area contributed by atoms with E-state index >= 15 is 0 Å². The molecule has 0 spiro atoms. The number of rotatable bonds is 5. The van der Waals surface area contributed by atoms with Crippen molar-refractivity contribution in [3.05, 3.63) is 30.3 Å². The highest BCUT2D eigenvalue weighted by Gasteiger charge is 2.25. The lowest BCUT2D eigenvalue weighted by Gasteiger charge is -2.29. The summed E-state index contributed by atoms with van der Waals surface area (Å²) in [5, 5.41) is 0. The topological polar surface area (TPSA) is 46.2 Å². The summed E-state index contributed by atoms with van der Waals surface area (Å²) in [7, 11) is -3.38. The average Bonchev–Trinajstić information content (AvgIpc) is 2.40. The van der Waals surface area contributed by atoms with E-state index in [0.29, 0.717) is 17.4 Å². The maximum Gasteiger partial charge on any atom is 0.240 e. The molecule has 19 heavy (non-hydrogen) atoms. The third-order valence-electron chi connectivity index (χ3n) is 3.33. The first-order valence-corrected chi connectivity index (χ1v) is 8.29. The molecule has 0 heterocycles. The molecule has 1 aromatic carbocycles. The molecule has 0 bridgehead atoms. The molecule has 0 aliphatic heterocycles. The molecular formula is C15H27NO2S. The number of sulfonamides is 1. The summed E-state index contributed by atoms with van der Waals surface area (Å²) in [6, 6.07) is 8.46. The second-order valence-electron chi connectivity index (χ2n) is 5.28. The van der Waals surface area contributed by atoms with Gasteiger partial charge in [0, 0.05) is 6.54 Å². The standard InChI is InChI=1S/C13H21NO2S.C2H6/c1-11(2)13(3,4)10-14-17(15,16)12-8-6-5-7-9-12;1-2/h5-9,11,14H,10H2,1-4H3;1-2H3. The fourth-order valence-corrected chi connectivity index (χ4v) is 2.41. The summed E-state index contributed by atoms with van der Waals surface area (Å²) >= 11 is 0. The molecule has 4 heteroatoms. The summed E-state index contributed by atoms with van der Waals surface area (Å²) in [5.74, 6) is 0.418. The summed E-state index contributed by atoms with van der Waals surface area (Å²) in [6.45, 7) is 12.8. The van der Waals surface area contributed by atoms with Crippen LogP contribution in [-0.4, -0.2) is 15.0 Å². The van der Waals surface area contributed by atoms with E-state index in [4.69, 9.17) is 0 Å². The summed E-state index contributed by atoms with van der Waals surface area (Å²) in [6.07, 6.45) is 0. The highest BCUT2D eigenvalue weighted by molar-refractivity contribution is 7.89. The Balaban J connectivity index is 0.00000154. The Morgan fingerprint density at radius 3 is 2.00 bits per heavy atom. The lowest BCUT2D eigenvalue weighted by molar-refractivity contribution is 0.252. The van der Waals surface area contributed by atoms with Crippen LogP contribution in [0.4, 0.5) is 0 Å². The van der Waals surface area contributed by atoms with Crippen molar-refractivity contribution in [2.75, 3.05) is 6.54 Å². The van der Waals surface area contributed by atoms with E-state index in [-0.39, 0.29) is 5.41 Å². The van der Waals surface area contributed by atoms with Gasteiger partial charge in [-0.15, -0.1) is 0 Å². The molecule has 0 unspecified atom stereocenters. The third kappa shape index (κ3) is 5.74. The quantitative estimate of drug-likeness (QED) is 0.897. The molecule has 0 radical (unpaired) electrons. The van der Waals surface area contributed by atoms with Crippen LogP contribution in [0.5, 0.6) is 0 Å². The molecule has 0 saturated heterocycles. The zero-order valence-electron chi connectivity index (χ0n) is 12.9.